The van der Waals surface area contributed by atoms with Gasteiger partial charge in [-0.15, -0.1) is 0 Å². The SMILES string of the molecule is CC1(C)CC(=O)C(C(=O)NCC(=O)O)C(=O)N1Cc1ccc(OCC2CC2)cc1. The van der Waals surface area contributed by atoms with E-state index in [1.807, 2.05) is 24.3 Å². The average Bonchev–Trinajstić information content (AvgIpc) is 3.46. The van der Waals surface area contributed by atoms with Gasteiger partial charge in [0.1, 0.15) is 12.3 Å². The lowest BCUT2D eigenvalue weighted by Crippen LogP contribution is -2.60. The number of hydrogen-bond donors (Lipinski definition) is 2. The van der Waals surface area contributed by atoms with Crippen molar-refractivity contribution in [1.29, 1.82) is 0 Å². The van der Waals surface area contributed by atoms with Gasteiger partial charge in [0.2, 0.25) is 11.8 Å². The molecule has 1 heterocycles. The summed E-state index contributed by atoms with van der Waals surface area (Å²) >= 11 is 0. The molecule has 0 aromatic heterocycles. The molecular weight excluding hydrogens is 376 g/mol. The van der Waals surface area contributed by atoms with Crippen LogP contribution in [0.1, 0.15) is 38.7 Å². The second-order valence-corrected chi connectivity index (χ2v) is 8.32. The first-order valence-corrected chi connectivity index (χ1v) is 9.73. The van der Waals surface area contributed by atoms with Gasteiger partial charge in [-0.1, -0.05) is 12.1 Å². The van der Waals surface area contributed by atoms with E-state index in [4.69, 9.17) is 9.84 Å². The van der Waals surface area contributed by atoms with Crippen LogP contribution in [0.4, 0.5) is 0 Å². The van der Waals surface area contributed by atoms with Crippen LogP contribution in [0.3, 0.4) is 0 Å². The zero-order valence-electron chi connectivity index (χ0n) is 16.6. The topological polar surface area (TPSA) is 113 Å². The summed E-state index contributed by atoms with van der Waals surface area (Å²) in [6.07, 6.45) is 2.45. The first kappa shape index (κ1) is 20.8. The van der Waals surface area contributed by atoms with Crippen LogP contribution in [0.25, 0.3) is 0 Å². The van der Waals surface area contributed by atoms with E-state index in [0.29, 0.717) is 12.5 Å². The Hall–Kier alpha value is -2.90. The van der Waals surface area contributed by atoms with E-state index in [0.717, 1.165) is 11.3 Å². The lowest BCUT2D eigenvalue weighted by atomic mass is 9.82. The van der Waals surface area contributed by atoms with E-state index in [1.54, 1.807) is 13.8 Å². The van der Waals surface area contributed by atoms with E-state index < -0.39 is 41.6 Å². The summed E-state index contributed by atoms with van der Waals surface area (Å²) in [5.41, 5.74) is 0.100. The maximum Gasteiger partial charge on any atom is 0.322 e. The predicted octanol–water partition coefficient (Wildman–Crippen LogP) is 1.37. The minimum atomic E-state index is -1.51. The number of hydrogen-bond acceptors (Lipinski definition) is 5. The molecule has 2 amide bonds. The molecular formula is C21H26N2O6. The minimum Gasteiger partial charge on any atom is -0.493 e. The van der Waals surface area contributed by atoms with Gasteiger partial charge in [0, 0.05) is 18.5 Å². The van der Waals surface area contributed by atoms with Gasteiger partial charge >= 0.3 is 5.97 Å². The Morgan fingerprint density at radius 2 is 1.86 bits per heavy atom. The van der Waals surface area contributed by atoms with E-state index in [2.05, 4.69) is 5.32 Å². The van der Waals surface area contributed by atoms with Crippen LogP contribution in [-0.2, 0) is 25.7 Å². The molecule has 1 aromatic rings. The first-order chi connectivity index (χ1) is 13.7. The number of carbonyl (C=O) groups is 4. The molecule has 8 nitrogen and oxygen atoms in total. The lowest BCUT2D eigenvalue weighted by Gasteiger charge is -2.44. The zero-order chi connectivity index (χ0) is 21.2. The molecule has 0 radical (unpaired) electrons. The number of carbonyl (C=O) groups excluding carboxylic acids is 3. The number of nitrogens with one attached hydrogen (secondary N) is 1. The Bertz CT molecular complexity index is 813. The number of rotatable bonds is 8. The number of amides is 2. The number of ether oxygens (including phenoxy) is 1. The van der Waals surface area contributed by atoms with Crippen LogP contribution in [-0.4, -0.2) is 52.3 Å². The van der Waals surface area contributed by atoms with Gasteiger partial charge in [0.05, 0.1) is 6.61 Å². The van der Waals surface area contributed by atoms with Crippen molar-refractivity contribution in [2.45, 2.75) is 45.2 Å². The van der Waals surface area contributed by atoms with E-state index in [9.17, 15) is 19.2 Å². The van der Waals surface area contributed by atoms with Gasteiger partial charge in [0.25, 0.3) is 0 Å². The van der Waals surface area contributed by atoms with Crippen molar-refractivity contribution in [2.24, 2.45) is 11.8 Å². The maximum atomic E-state index is 13.0. The number of Topliss-reactive ketones (excluding diaryl/α,β-unsaturated/α-hetero) is 1. The molecule has 2 fully saturated rings. The highest BCUT2D eigenvalue weighted by atomic mass is 16.5. The standard InChI is InChI=1S/C21H26N2O6/c1-21(2)9-16(24)18(19(27)22-10-17(25)26)20(28)23(21)11-13-5-7-15(8-6-13)29-12-14-3-4-14/h5-8,14,18H,3-4,9-12H2,1-2H3,(H,22,27)(H,25,26). The van der Waals surface area contributed by atoms with E-state index in [1.165, 1.54) is 17.7 Å². The Balaban J connectivity index is 1.69. The lowest BCUT2D eigenvalue weighted by molar-refractivity contribution is -0.158. The molecule has 29 heavy (non-hydrogen) atoms. The monoisotopic (exact) mass is 402 g/mol. The summed E-state index contributed by atoms with van der Waals surface area (Å²) in [7, 11) is 0. The van der Waals surface area contributed by atoms with Gasteiger partial charge in [0.15, 0.2) is 11.7 Å². The number of ketones is 1. The molecule has 1 saturated heterocycles. The molecule has 1 saturated carbocycles. The van der Waals surface area contributed by atoms with Crippen LogP contribution < -0.4 is 10.1 Å². The summed E-state index contributed by atoms with van der Waals surface area (Å²) < 4.78 is 5.72. The van der Waals surface area contributed by atoms with Crippen molar-refractivity contribution in [3.63, 3.8) is 0 Å². The molecule has 1 unspecified atom stereocenters. The fourth-order valence-electron chi connectivity index (χ4n) is 3.40. The predicted molar refractivity (Wildman–Crippen MR) is 103 cm³/mol. The summed E-state index contributed by atoms with van der Waals surface area (Å²) in [4.78, 5) is 49.8. The number of carboxylic acid groups (broad SMARTS) is 1. The number of nitrogens with zero attached hydrogens (tertiary/aromatic N) is 1. The van der Waals surface area contributed by atoms with Crippen molar-refractivity contribution in [1.82, 2.24) is 10.2 Å². The van der Waals surface area contributed by atoms with Crippen LogP contribution in [0.15, 0.2) is 24.3 Å². The molecule has 1 atom stereocenters. The molecule has 1 aliphatic carbocycles. The fourth-order valence-corrected chi connectivity index (χ4v) is 3.40. The third-order valence-electron chi connectivity index (χ3n) is 5.30. The highest BCUT2D eigenvalue weighted by Gasteiger charge is 2.48. The first-order valence-electron chi connectivity index (χ1n) is 9.73. The summed E-state index contributed by atoms with van der Waals surface area (Å²) in [6.45, 7) is 3.88. The molecule has 0 bridgehead atoms. The summed E-state index contributed by atoms with van der Waals surface area (Å²) in [5, 5.41) is 10.8. The zero-order valence-corrected chi connectivity index (χ0v) is 16.6. The Labute approximate surface area is 169 Å². The highest BCUT2D eigenvalue weighted by molar-refractivity contribution is 6.20. The van der Waals surface area contributed by atoms with Gasteiger partial charge in [-0.25, -0.2) is 0 Å². The second-order valence-electron chi connectivity index (χ2n) is 8.32. The Morgan fingerprint density at radius 1 is 1.21 bits per heavy atom. The van der Waals surface area contributed by atoms with Gasteiger partial charge in [-0.3, -0.25) is 19.2 Å². The molecule has 3 rings (SSSR count). The molecule has 1 aliphatic heterocycles. The number of aliphatic carboxylic acids is 1. The van der Waals surface area contributed by atoms with Crippen molar-refractivity contribution in [3.05, 3.63) is 29.8 Å². The van der Waals surface area contributed by atoms with Gasteiger partial charge in [-0.2, -0.15) is 0 Å². The van der Waals surface area contributed by atoms with Gasteiger partial charge in [-0.05, 0) is 50.3 Å². The second kappa shape index (κ2) is 8.23. The van der Waals surface area contributed by atoms with Crippen LogP contribution in [0, 0.1) is 11.8 Å². The van der Waals surface area contributed by atoms with Gasteiger partial charge < -0.3 is 20.1 Å². The molecule has 8 heteroatoms. The quantitative estimate of drug-likeness (QED) is 0.635. The van der Waals surface area contributed by atoms with E-state index >= 15 is 0 Å². The van der Waals surface area contributed by atoms with Crippen LogP contribution >= 0.6 is 0 Å². The number of benzene rings is 1. The number of likely N-dealkylation sites (tertiary alicyclic amines) is 1. The van der Waals surface area contributed by atoms with Crippen molar-refractivity contribution < 1.29 is 29.0 Å². The third-order valence-corrected chi connectivity index (χ3v) is 5.30. The molecule has 0 spiro atoms. The van der Waals surface area contributed by atoms with E-state index in [-0.39, 0.29) is 13.0 Å². The molecule has 1 aromatic carbocycles. The highest BCUT2D eigenvalue weighted by Crippen LogP contribution is 2.32. The Morgan fingerprint density at radius 3 is 2.45 bits per heavy atom. The summed E-state index contributed by atoms with van der Waals surface area (Å²) in [6, 6.07) is 7.42. The fraction of sp³-hybridized carbons (Fsp3) is 0.524. The normalized spacial score (nSPS) is 21.0. The van der Waals surface area contributed by atoms with Crippen LogP contribution in [0.5, 0.6) is 5.75 Å². The van der Waals surface area contributed by atoms with Crippen LogP contribution in [0.2, 0.25) is 0 Å². The number of carboxylic acids is 1. The minimum absolute atomic E-state index is 0.0203. The maximum absolute atomic E-state index is 13.0. The molecule has 156 valence electrons. The average molecular weight is 402 g/mol. The van der Waals surface area contributed by atoms with Crippen molar-refractivity contribution >= 4 is 23.6 Å². The smallest absolute Gasteiger partial charge is 0.322 e. The Kier molecular flexibility index (Phi) is 5.91. The molecule has 2 aliphatic rings. The number of piperidine rings is 1. The molecule has 2 N–H and O–H groups in total. The summed E-state index contributed by atoms with van der Waals surface area (Å²) in [5.74, 6) is -3.30. The van der Waals surface area contributed by atoms with Crippen molar-refractivity contribution in [2.75, 3.05) is 13.2 Å². The van der Waals surface area contributed by atoms with Crippen molar-refractivity contribution in [3.8, 4) is 5.75 Å². The third kappa shape index (κ3) is 5.13. The largest absolute Gasteiger partial charge is 0.493 e.